The monoisotopic (exact) mass is 304 g/mol. The molecule has 0 saturated heterocycles. The van der Waals surface area contributed by atoms with E-state index in [0.717, 1.165) is 31.9 Å². The third kappa shape index (κ3) is 2.38. The maximum atomic E-state index is 9.30. The van der Waals surface area contributed by atoms with Crippen molar-refractivity contribution in [3.8, 4) is 0 Å². The molecule has 0 aliphatic heterocycles. The molecule has 0 amide bonds. The summed E-state index contributed by atoms with van der Waals surface area (Å²) in [5.74, 6) is 0.883. The van der Waals surface area contributed by atoms with Crippen molar-refractivity contribution in [2.75, 3.05) is 11.9 Å². The highest BCUT2D eigenvalue weighted by Gasteiger charge is 2.19. The van der Waals surface area contributed by atoms with Crippen molar-refractivity contribution in [2.24, 2.45) is 0 Å². The number of nitrogens with zero attached hydrogens (tertiary/aromatic N) is 3. The Bertz CT molecular complexity index is 803. The van der Waals surface area contributed by atoms with E-state index in [9.17, 15) is 5.11 Å². The Kier molecular flexibility index (Phi) is 3.59. The number of fused-ring (bicyclic) bond motifs is 3. The number of anilines is 1. The molecular formula is C15H20N4OS. The van der Waals surface area contributed by atoms with E-state index in [1.54, 1.807) is 11.3 Å². The highest BCUT2D eigenvalue weighted by atomic mass is 32.1. The largest absolute Gasteiger partial charge is 0.394 e. The van der Waals surface area contributed by atoms with E-state index in [1.165, 1.54) is 5.56 Å². The van der Waals surface area contributed by atoms with E-state index in [1.807, 2.05) is 11.6 Å². The normalized spacial score (nSPS) is 11.9. The van der Waals surface area contributed by atoms with Crippen LogP contribution < -0.4 is 5.32 Å². The zero-order valence-electron chi connectivity index (χ0n) is 12.8. The first kappa shape index (κ1) is 14.3. The summed E-state index contributed by atoms with van der Waals surface area (Å²) in [6.45, 7) is 8.89. The number of aliphatic hydroxyl groups is 1. The second kappa shape index (κ2) is 5.27. The minimum absolute atomic E-state index is 0.0770. The summed E-state index contributed by atoms with van der Waals surface area (Å²) in [5, 5.41) is 18.5. The average Bonchev–Trinajstić information content (AvgIpc) is 2.88. The topological polar surface area (TPSA) is 63.0 Å². The lowest BCUT2D eigenvalue weighted by atomic mass is 10.1. The Morgan fingerprint density at radius 2 is 2.14 bits per heavy atom. The molecule has 3 rings (SSSR count). The van der Waals surface area contributed by atoms with Gasteiger partial charge in [0, 0.05) is 17.1 Å². The predicted molar refractivity (Wildman–Crippen MR) is 88.2 cm³/mol. The van der Waals surface area contributed by atoms with Crippen LogP contribution in [0, 0.1) is 13.8 Å². The molecule has 3 heterocycles. The van der Waals surface area contributed by atoms with Gasteiger partial charge in [-0.15, -0.1) is 11.3 Å². The fraction of sp³-hybridized carbons (Fsp3) is 0.467. The second-order valence-corrected chi connectivity index (χ2v) is 6.63. The first-order valence-corrected chi connectivity index (χ1v) is 7.97. The lowest BCUT2D eigenvalue weighted by molar-refractivity contribution is 0.272. The zero-order chi connectivity index (χ0) is 15.1. The lowest BCUT2D eigenvalue weighted by Gasteiger charge is -2.06. The predicted octanol–water partition coefficient (Wildman–Crippen LogP) is 3.08. The lowest BCUT2D eigenvalue weighted by Crippen LogP contribution is -2.11. The van der Waals surface area contributed by atoms with Gasteiger partial charge in [-0.3, -0.25) is 4.68 Å². The van der Waals surface area contributed by atoms with Crippen LogP contribution in [0.2, 0.25) is 0 Å². The molecule has 0 spiro atoms. The van der Waals surface area contributed by atoms with Gasteiger partial charge in [0.05, 0.1) is 23.4 Å². The molecule has 3 aromatic rings. The molecule has 0 aliphatic rings. The number of rotatable bonds is 4. The second-order valence-electron chi connectivity index (χ2n) is 5.63. The van der Waals surface area contributed by atoms with Crippen LogP contribution in [-0.2, 0) is 6.54 Å². The molecule has 3 aromatic heterocycles. The minimum atomic E-state index is 0.0770. The van der Waals surface area contributed by atoms with Crippen LogP contribution in [-0.4, -0.2) is 32.5 Å². The number of hydrogen-bond donors (Lipinski definition) is 2. The van der Waals surface area contributed by atoms with Gasteiger partial charge >= 0.3 is 0 Å². The first-order chi connectivity index (χ1) is 10.0. The maximum absolute atomic E-state index is 9.30. The molecule has 0 radical (unpaired) electrons. The molecular weight excluding hydrogens is 284 g/mol. The van der Waals surface area contributed by atoms with E-state index >= 15 is 0 Å². The summed E-state index contributed by atoms with van der Waals surface area (Å²) in [7, 11) is 0. The van der Waals surface area contributed by atoms with Gasteiger partial charge < -0.3 is 10.4 Å². The summed E-state index contributed by atoms with van der Waals surface area (Å²) in [5.41, 5.74) is 3.32. The molecule has 0 unspecified atom stereocenters. The number of thiophene rings is 1. The Morgan fingerprint density at radius 1 is 1.38 bits per heavy atom. The van der Waals surface area contributed by atoms with Crippen molar-refractivity contribution in [1.29, 1.82) is 0 Å². The highest BCUT2D eigenvalue weighted by Crippen LogP contribution is 2.39. The van der Waals surface area contributed by atoms with E-state index in [-0.39, 0.29) is 6.61 Å². The smallest absolute Gasteiger partial charge is 0.166 e. The number of pyridine rings is 1. The molecule has 2 N–H and O–H groups in total. The van der Waals surface area contributed by atoms with Gasteiger partial charge in [0.25, 0.3) is 0 Å². The molecule has 5 nitrogen and oxygen atoms in total. The van der Waals surface area contributed by atoms with Gasteiger partial charge in [0.2, 0.25) is 0 Å². The highest BCUT2D eigenvalue weighted by molar-refractivity contribution is 7.26. The van der Waals surface area contributed by atoms with Crippen LogP contribution in [0.15, 0.2) is 6.07 Å². The molecule has 112 valence electrons. The summed E-state index contributed by atoms with van der Waals surface area (Å²) in [6, 6.07) is 2.41. The average molecular weight is 304 g/mol. The van der Waals surface area contributed by atoms with Crippen LogP contribution in [0.25, 0.3) is 20.4 Å². The van der Waals surface area contributed by atoms with Crippen LogP contribution in [0.4, 0.5) is 5.82 Å². The van der Waals surface area contributed by atoms with Crippen LogP contribution in [0.5, 0.6) is 0 Å². The summed E-state index contributed by atoms with van der Waals surface area (Å²) in [4.78, 5) is 5.69. The van der Waals surface area contributed by atoms with Crippen LogP contribution in [0.1, 0.15) is 25.1 Å². The third-order valence-electron chi connectivity index (χ3n) is 3.39. The Hall–Kier alpha value is -1.66. The Morgan fingerprint density at radius 3 is 2.81 bits per heavy atom. The van der Waals surface area contributed by atoms with E-state index in [0.29, 0.717) is 12.6 Å². The molecule has 0 aliphatic carbocycles. The molecule has 0 bridgehead atoms. The zero-order valence-corrected chi connectivity index (χ0v) is 13.6. The van der Waals surface area contributed by atoms with Crippen molar-refractivity contribution in [3.05, 3.63) is 17.3 Å². The molecule has 0 aromatic carbocycles. The number of aliphatic hydroxyl groups excluding tert-OH is 1. The van der Waals surface area contributed by atoms with Crippen molar-refractivity contribution in [1.82, 2.24) is 14.8 Å². The molecule has 0 atom stereocenters. The number of aryl methyl sites for hydroxylation is 2. The van der Waals surface area contributed by atoms with Gasteiger partial charge in [-0.25, -0.2) is 4.98 Å². The van der Waals surface area contributed by atoms with Gasteiger partial charge in [0.1, 0.15) is 4.83 Å². The Labute approximate surface area is 127 Å². The Balaban J connectivity index is 2.34. The summed E-state index contributed by atoms with van der Waals surface area (Å²) in [6.07, 6.45) is 0. The number of hydrogen-bond acceptors (Lipinski definition) is 5. The first-order valence-electron chi connectivity index (χ1n) is 7.16. The SMILES string of the molecule is Cc1cc(C)c2c(n1)sc1c(NC(C)C)nn(CCO)c12. The van der Waals surface area contributed by atoms with Crippen molar-refractivity contribution >= 4 is 37.6 Å². The molecule has 0 saturated carbocycles. The summed E-state index contributed by atoms with van der Waals surface area (Å²) < 4.78 is 3.01. The minimum Gasteiger partial charge on any atom is -0.394 e. The number of aromatic nitrogens is 3. The molecule has 0 fully saturated rings. The van der Waals surface area contributed by atoms with Crippen LogP contribution in [0.3, 0.4) is 0 Å². The van der Waals surface area contributed by atoms with E-state index < -0.39 is 0 Å². The van der Waals surface area contributed by atoms with Crippen LogP contribution >= 0.6 is 11.3 Å². The fourth-order valence-corrected chi connectivity index (χ4v) is 3.91. The fourth-order valence-electron chi connectivity index (χ4n) is 2.67. The van der Waals surface area contributed by atoms with Crippen molar-refractivity contribution < 1.29 is 5.11 Å². The van der Waals surface area contributed by atoms with Gasteiger partial charge in [-0.1, -0.05) is 0 Å². The van der Waals surface area contributed by atoms with Gasteiger partial charge in [-0.05, 0) is 39.3 Å². The van der Waals surface area contributed by atoms with Gasteiger partial charge in [0.15, 0.2) is 5.82 Å². The summed E-state index contributed by atoms with van der Waals surface area (Å²) >= 11 is 1.67. The maximum Gasteiger partial charge on any atom is 0.166 e. The van der Waals surface area contributed by atoms with Crippen molar-refractivity contribution in [2.45, 2.75) is 40.3 Å². The van der Waals surface area contributed by atoms with Crippen molar-refractivity contribution in [3.63, 3.8) is 0 Å². The quantitative estimate of drug-likeness (QED) is 0.777. The molecule has 21 heavy (non-hydrogen) atoms. The van der Waals surface area contributed by atoms with E-state index in [4.69, 9.17) is 0 Å². The third-order valence-corrected chi connectivity index (χ3v) is 4.47. The van der Waals surface area contributed by atoms with E-state index in [2.05, 4.69) is 42.2 Å². The standard InChI is InChI=1S/C15H20N4OS/c1-8(2)16-14-13-12(19(18-14)5-6-20)11-9(3)7-10(4)17-15(11)21-13/h7-8,20H,5-6H2,1-4H3,(H,16,18). The number of nitrogens with one attached hydrogen (secondary N) is 1. The van der Waals surface area contributed by atoms with Gasteiger partial charge in [-0.2, -0.15) is 5.10 Å². The molecule has 6 heteroatoms.